The zero-order valence-corrected chi connectivity index (χ0v) is 15.2. The number of halogens is 1. The summed E-state index contributed by atoms with van der Waals surface area (Å²) >= 11 is 6.09. The number of aryl methyl sites for hydroxylation is 1. The van der Waals surface area contributed by atoms with Crippen LogP contribution in [0, 0.1) is 6.92 Å². The van der Waals surface area contributed by atoms with Crippen molar-refractivity contribution >= 4 is 29.2 Å². The molecule has 0 spiro atoms. The van der Waals surface area contributed by atoms with Crippen molar-refractivity contribution < 1.29 is 14.3 Å². The Morgan fingerprint density at radius 1 is 1.24 bits per heavy atom. The van der Waals surface area contributed by atoms with Gasteiger partial charge in [0, 0.05) is 43.5 Å². The Morgan fingerprint density at radius 3 is 2.60 bits per heavy atom. The average Bonchev–Trinajstić information content (AvgIpc) is 3.11. The lowest BCUT2D eigenvalue weighted by atomic mass is 10.1. The summed E-state index contributed by atoms with van der Waals surface area (Å²) in [5.41, 5.74) is 1.65. The highest BCUT2D eigenvalue weighted by Gasteiger charge is 2.27. The van der Waals surface area contributed by atoms with E-state index in [4.69, 9.17) is 16.3 Å². The molecule has 2 fully saturated rings. The molecule has 1 atom stereocenters. The number of carbonyl (C=O) groups is 2. The van der Waals surface area contributed by atoms with E-state index in [0.717, 1.165) is 25.0 Å². The van der Waals surface area contributed by atoms with Crippen molar-refractivity contribution in [2.75, 3.05) is 38.1 Å². The molecule has 0 aliphatic carbocycles. The molecule has 2 aliphatic heterocycles. The van der Waals surface area contributed by atoms with Crippen LogP contribution in [0.2, 0.25) is 5.02 Å². The van der Waals surface area contributed by atoms with Gasteiger partial charge in [0.25, 0.3) is 0 Å². The predicted molar refractivity (Wildman–Crippen MR) is 97.0 cm³/mol. The van der Waals surface area contributed by atoms with Crippen LogP contribution in [0.5, 0.6) is 0 Å². The van der Waals surface area contributed by atoms with E-state index in [1.54, 1.807) is 11.0 Å². The fourth-order valence-electron chi connectivity index (χ4n) is 3.16. The zero-order valence-electron chi connectivity index (χ0n) is 14.5. The molecule has 2 aliphatic rings. The maximum atomic E-state index is 12.4. The molecule has 1 N–H and O–H groups in total. The molecule has 0 bridgehead atoms. The average molecular weight is 366 g/mol. The third-order valence-corrected chi connectivity index (χ3v) is 5.18. The van der Waals surface area contributed by atoms with E-state index in [2.05, 4.69) is 5.32 Å². The number of ether oxygens (including phenoxy) is 1. The molecule has 1 aromatic rings. The van der Waals surface area contributed by atoms with E-state index in [-0.39, 0.29) is 18.0 Å². The molecule has 3 amide bonds. The highest BCUT2D eigenvalue weighted by Crippen LogP contribution is 2.21. The Balaban J connectivity index is 1.46. The van der Waals surface area contributed by atoms with Crippen LogP contribution in [0.3, 0.4) is 0 Å². The fraction of sp³-hybridized carbons (Fsp3) is 0.556. The van der Waals surface area contributed by atoms with E-state index in [0.29, 0.717) is 43.3 Å². The lowest BCUT2D eigenvalue weighted by Gasteiger charge is -2.35. The van der Waals surface area contributed by atoms with Crippen LogP contribution in [0.1, 0.15) is 24.8 Å². The van der Waals surface area contributed by atoms with Crippen LogP contribution < -0.4 is 5.32 Å². The summed E-state index contributed by atoms with van der Waals surface area (Å²) in [5, 5.41) is 3.49. The topological polar surface area (TPSA) is 61.9 Å². The van der Waals surface area contributed by atoms with Gasteiger partial charge in [0.1, 0.15) is 0 Å². The first kappa shape index (κ1) is 18.0. The molecule has 6 nitrogen and oxygen atoms in total. The van der Waals surface area contributed by atoms with E-state index in [1.165, 1.54) is 0 Å². The lowest BCUT2D eigenvalue weighted by Crippen LogP contribution is -2.52. The number of hydrogen-bond acceptors (Lipinski definition) is 3. The summed E-state index contributed by atoms with van der Waals surface area (Å²) in [4.78, 5) is 28.2. The molecule has 136 valence electrons. The molecule has 3 rings (SSSR count). The Hall–Kier alpha value is -1.79. The summed E-state index contributed by atoms with van der Waals surface area (Å²) in [7, 11) is 0. The predicted octanol–water partition coefficient (Wildman–Crippen LogP) is 2.89. The Labute approximate surface area is 153 Å². The van der Waals surface area contributed by atoms with Gasteiger partial charge in [-0.3, -0.25) is 4.79 Å². The number of anilines is 1. The minimum absolute atomic E-state index is 0.0696. The van der Waals surface area contributed by atoms with Crippen LogP contribution in [0.15, 0.2) is 18.2 Å². The van der Waals surface area contributed by atoms with Crippen LogP contribution in [-0.4, -0.2) is 60.6 Å². The van der Waals surface area contributed by atoms with Gasteiger partial charge in [0.15, 0.2) is 0 Å². The molecule has 2 saturated heterocycles. The summed E-state index contributed by atoms with van der Waals surface area (Å²) in [5.74, 6) is 0.122. The molecule has 0 unspecified atom stereocenters. The second-order valence-corrected chi connectivity index (χ2v) is 7.01. The molecule has 0 radical (unpaired) electrons. The molecular formula is C18H24ClN3O3. The van der Waals surface area contributed by atoms with Gasteiger partial charge >= 0.3 is 6.03 Å². The SMILES string of the molecule is Cc1ccc(NC(=O)N2CCN(C(=O)C[C@H]3CCCO3)CC2)cc1Cl. The molecule has 1 aromatic carbocycles. The maximum absolute atomic E-state index is 12.4. The van der Waals surface area contributed by atoms with E-state index in [9.17, 15) is 9.59 Å². The van der Waals surface area contributed by atoms with Crippen molar-refractivity contribution in [2.24, 2.45) is 0 Å². The fourth-order valence-corrected chi connectivity index (χ4v) is 3.34. The smallest absolute Gasteiger partial charge is 0.321 e. The maximum Gasteiger partial charge on any atom is 0.321 e. The van der Waals surface area contributed by atoms with Crippen LogP contribution in [-0.2, 0) is 9.53 Å². The Morgan fingerprint density at radius 2 is 1.96 bits per heavy atom. The van der Waals surface area contributed by atoms with E-state index >= 15 is 0 Å². The summed E-state index contributed by atoms with van der Waals surface area (Å²) < 4.78 is 5.53. The zero-order chi connectivity index (χ0) is 17.8. The monoisotopic (exact) mass is 365 g/mol. The molecule has 7 heteroatoms. The van der Waals surface area contributed by atoms with Crippen molar-refractivity contribution in [3.63, 3.8) is 0 Å². The van der Waals surface area contributed by atoms with Crippen LogP contribution >= 0.6 is 11.6 Å². The first-order chi connectivity index (χ1) is 12.0. The second-order valence-electron chi connectivity index (χ2n) is 6.60. The second kappa shape index (κ2) is 8.06. The first-order valence-corrected chi connectivity index (χ1v) is 9.12. The first-order valence-electron chi connectivity index (χ1n) is 8.74. The van der Waals surface area contributed by atoms with Crippen molar-refractivity contribution in [1.82, 2.24) is 9.80 Å². The van der Waals surface area contributed by atoms with Crippen molar-refractivity contribution in [3.8, 4) is 0 Å². The number of carbonyl (C=O) groups excluding carboxylic acids is 2. The number of urea groups is 1. The molecule has 0 saturated carbocycles. The largest absolute Gasteiger partial charge is 0.378 e. The quantitative estimate of drug-likeness (QED) is 0.895. The minimum atomic E-state index is -0.161. The van der Waals surface area contributed by atoms with Crippen molar-refractivity contribution in [1.29, 1.82) is 0 Å². The normalized spacial score (nSPS) is 20.6. The number of piperazine rings is 1. The highest BCUT2D eigenvalue weighted by molar-refractivity contribution is 6.31. The summed E-state index contributed by atoms with van der Waals surface area (Å²) in [6, 6.07) is 5.29. The van der Waals surface area contributed by atoms with E-state index in [1.807, 2.05) is 24.0 Å². The number of nitrogens with zero attached hydrogens (tertiary/aromatic N) is 2. The Bertz CT molecular complexity index is 638. The minimum Gasteiger partial charge on any atom is -0.378 e. The van der Waals surface area contributed by atoms with Gasteiger partial charge in [-0.25, -0.2) is 4.79 Å². The number of rotatable bonds is 3. The number of benzene rings is 1. The third kappa shape index (κ3) is 4.64. The number of amides is 3. The van der Waals surface area contributed by atoms with Gasteiger partial charge in [0.2, 0.25) is 5.91 Å². The van der Waals surface area contributed by atoms with E-state index < -0.39 is 0 Å². The van der Waals surface area contributed by atoms with Crippen LogP contribution in [0.4, 0.5) is 10.5 Å². The van der Waals surface area contributed by atoms with Gasteiger partial charge in [-0.05, 0) is 37.5 Å². The van der Waals surface area contributed by atoms with Gasteiger partial charge in [-0.15, -0.1) is 0 Å². The number of nitrogens with one attached hydrogen (secondary N) is 1. The van der Waals surface area contributed by atoms with Crippen molar-refractivity contribution in [3.05, 3.63) is 28.8 Å². The molecule has 2 heterocycles. The van der Waals surface area contributed by atoms with Crippen molar-refractivity contribution in [2.45, 2.75) is 32.3 Å². The standard InChI is InChI=1S/C18H24ClN3O3/c1-13-4-5-14(11-16(13)19)20-18(24)22-8-6-21(7-9-22)17(23)12-15-3-2-10-25-15/h4-5,11,15H,2-3,6-10,12H2,1H3,(H,20,24)/t15-/m1/s1. The molecular weight excluding hydrogens is 342 g/mol. The van der Waals surface area contributed by atoms with Crippen LogP contribution in [0.25, 0.3) is 0 Å². The lowest BCUT2D eigenvalue weighted by molar-refractivity contribution is -0.134. The Kier molecular flexibility index (Phi) is 5.81. The highest BCUT2D eigenvalue weighted by atomic mass is 35.5. The van der Waals surface area contributed by atoms with Gasteiger partial charge in [-0.2, -0.15) is 0 Å². The molecule has 25 heavy (non-hydrogen) atoms. The van der Waals surface area contributed by atoms with Gasteiger partial charge in [0.05, 0.1) is 12.5 Å². The summed E-state index contributed by atoms with van der Waals surface area (Å²) in [6.07, 6.45) is 2.52. The third-order valence-electron chi connectivity index (χ3n) is 4.77. The van der Waals surface area contributed by atoms with Gasteiger partial charge in [-0.1, -0.05) is 17.7 Å². The molecule has 0 aromatic heterocycles. The number of hydrogen-bond donors (Lipinski definition) is 1. The summed E-state index contributed by atoms with van der Waals surface area (Å²) in [6.45, 7) is 4.86. The van der Waals surface area contributed by atoms with Gasteiger partial charge < -0.3 is 19.9 Å².